The van der Waals surface area contributed by atoms with Crippen LogP contribution in [0.25, 0.3) is 0 Å². The summed E-state index contributed by atoms with van der Waals surface area (Å²) in [6.45, 7) is -0.258. The van der Waals surface area contributed by atoms with Crippen molar-refractivity contribution in [2.45, 2.75) is 11.9 Å². The quantitative estimate of drug-likeness (QED) is 0.874. The maximum absolute atomic E-state index is 13.3. The molecule has 15 heavy (non-hydrogen) atoms. The summed E-state index contributed by atoms with van der Waals surface area (Å²) in [4.78, 5) is 0. The molecule has 1 aromatic rings. The predicted octanol–water partition coefficient (Wildman–Crippen LogP) is 2.17. The lowest BCUT2D eigenvalue weighted by atomic mass is 10.2. The molecule has 0 unspecified atom stereocenters. The van der Waals surface area contributed by atoms with Gasteiger partial charge in [0.15, 0.2) is 0 Å². The summed E-state index contributed by atoms with van der Waals surface area (Å²) in [7, 11) is 0. The monoisotopic (exact) mass is 294 g/mol. The van der Waals surface area contributed by atoms with Crippen LogP contribution in [0.3, 0.4) is 0 Å². The number of halogens is 2. The minimum Gasteiger partial charge on any atom is -0.394 e. The summed E-state index contributed by atoms with van der Waals surface area (Å²) in [6.07, 6.45) is -0.736. The number of aliphatic hydroxyl groups excluding tert-OH is 2. The fraction of sp³-hybridized carbons (Fsp3) is 0.400. The van der Waals surface area contributed by atoms with E-state index in [4.69, 9.17) is 10.2 Å². The highest BCUT2D eigenvalue weighted by Crippen LogP contribution is 2.24. The third-order valence-corrected chi connectivity index (χ3v) is 3.69. The van der Waals surface area contributed by atoms with Crippen molar-refractivity contribution in [1.29, 1.82) is 0 Å². The topological polar surface area (TPSA) is 40.5 Å². The van der Waals surface area contributed by atoms with E-state index in [1.165, 1.54) is 17.8 Å². The molecule has 2 N–H and O–H groups in total. The maximum Gasteiger partial charge on any atom is 0.128 e. The van der Waals surface area contributed by atoms with E-state index in [0.717, 1.165) is 4.47 Å². The molecule has 84 valence electrons. The largest absolute Gasteiger partial charge is 0.394 e. The van der Waals surface area contributed by atoms with Gasteiger partial charge in [0, 0.05) is 21.5 Å². The van der Waals surface area contributed by atoms with Crippen molar-refractivity contribution in [3.63, 3.8) is 0 Å². The van der Waals surface area contributed by atoms with E-state index in [0.29, 0.717) is 17.1 Å². The van der Waals surface area contributed by atoms with Crippen molar-refractivity contribution in [3.8, 4) is 0 Å². The Morgan fingerprint density at radius 3 is 2.80 bits per heavy atom. The van der Waals surface area contributed by atoms with E-state index in [-0.39, 0.29) is 12.4 Å². The number of hydrogen-bond donors (Lipinski definition) is 2. The smallest absolute Gasteiger partial charge is 0.128 e. The molecule has 1 rings (SSSR count). The number of hydrogen-bond acceptors (Lipinski definition) is 3. The van der Waals surface area contributed by atoms with Gasteiger partial charge in [-0.3, -0.25) is 0 Å². The van der Waals surface area contributed by atoms with Gasteiger partial charge in [-0.05, 0) is 12.1 Å². The van der Waals surface area contributed by atoms with E-state index >= 15 is 0 Å². The molecule has 0 radical (unpaired) electrons. The van der Waals surface area contributed by atoms with Crippen molar-refractivity contribution in [1.82, 2.24) is 0 Å². The standard InChI is InChI=1S/C10H12BrFO2S/c11-9-2-1-3-10(12)8(9)6-15-5-7(14)4-13/h1-3,7,13-14H,4-6H2/t7-/m1/s1. The highest BCUT2D eigenvalue weighted by atomic mass is 79.9. The van der Waals surface area contributed by atoms with Crippen molar-refractivity contribution in [2.24, 2.45) is 0 Å². The lowest BCUT2D eigenvalue weighted by Crippen LogP contribution is -2.14. The summed E-state index contributed by atoms with van der Waals surface area (Å²) in [5, 5.41) is 17.7. The van der Waals surface area contributed by atoms with E-state index < -0.39 is 6.10 Å². The van der Waals surface area contributed by atoms with Crippen LogP contribution in [-0.4, -0.2) is 28.7 Å². The highest BCUT2D eigenvalue weighted by molar-refractivity contribution is 9.10. The van der Waals surface area contributed by atoms with Gasteiger partial charge in [0.2, 0.25) is 0 Å². The zero-order chi connectivity index (χ0) is 11.3. The van der Waals surface area contributed by atoms with E-state index in [2.05, 4.69) is 15.9 Å². The average molecular weight is 295 g/mol. The Morgan fingerprint density at radius 2 is 2.20 bits per heavy atom. The molecule has 5 heteroatoms. The lowest BCUT2D eigenvalue weighted by molar-refractivity contribution is 0.113. The Hall–Kier alpha value is -0.100. The molecule has 0 bridgehead atoms. The minimum atomic E-state index is -0.736. The first-order chi connectivity index (χ1) is 7.15. The van der Waals surface area contributed by atoms with Crippen molar-refractivity contribution >= 4 is 27.7 Å². The molecular formula is C10H12BrFO2S. The maximum atomic E-state index is 13.3. The fourth-order valence-electron chi connectivity index (χ4n) is 1.02. The zero-order valence-corrected chi connectivity index (χ0v) is 10.4. The van der Waals surface area contributed by atoms with Crippen LogP contribution in [0.15, 0.2) is 22.7 Å². The number of rotatable bonds is 5. The fourth-order valence-corrected chi connectivity index (χ4v) is 2.68. The number of benzene rings is 1. The van der Waals surface area contributed by atoms with Gasteiger partial charge >= 0.3 is 0 Å². The molecule has 0 heterocycles. The second kappa shape index (κ2) is 6.48. The molecule has 0 spiro atoms. The van der Waals surface area contributed by atoms with Crippen LogP contribution in [0.2, 0.25) is 0 Å². The molecule has 1 aromatic carbocycles. The molecule has 0 fully saturated rings. The van der Waals surface area contributed by atoms with Gasteiger partial charge in [0.25, 0.3) is 0 Å². The lowest BCUT2D eigenvalue weighted by Gasteiger charge is -2.08. The second-order valence-electron chi connectivity index (χ2n) is 3.05. The Morgan fingerprint density at radius 1 is 1.47 bits per heavy atom. The minimum absolute atomic E-state index is 0.254. The van der Waals surface area contributed by atoms with Gasteiger partial charge in [-0.2, -0.15) is 11.8 Å². The molecule has 0 aliphatic heterocycles. The first-order valence-corrected chi connectivity index (χ1v) is 6.39. The van der Waals surface area contributed by atoms with Gasteiger partial charge in [-0.15, -0.1) is 0 Å². The molecule has 0 amide bonds. The highest BCUT2D eigenvalue weighted by Gasteiger charge is 2.08. The first-order valence-electron chi connectivity index (χ1n) is 4.44. The molecular weight excluding hydrogens is 283 g/mol. The van der Waals surface area contributed by atoms with Crippen LogP contribution >= 0.6 is 27.7 Å². The van der Waals surface area contributed by atoms with Crippen LogP contribution in [0, 0.1) is 5.82 Å². The molecule has 0 aliphatic carbocycles. The van der Waals surface area contributed by atoms with E-state index in [1.807, 2.05) is 0 Å². The van der Waals surface area contributed by atoms with E-state index in [9.17, 15) is 4.39 Å². The van der Waals surface area contributed by atoms with Gasteiger partial charge < -0.3 is 10.2 Å². The van der Waals surface area contributed by atoms with Crippen molar-refractivity contribution in [2.75, 3.05) is 12.4 Å². The third kappa shape index (κ3) is 4.10. The van der Waals surface area contributed by atoms with Crippen LogP contribution in [0.1, 0.15) is 5.56 Å². The van der Waals surface area contributed by atoms with Gasteiger partial charge in [0.05, 0.1) is 12.7 Å². The number of aliphatic hydroxyl groups is 2. The molecule has 0 saturated heterocycles. The summed E-state index contributed by atoms with van der Waals surface area (Å²) < 4.78 is 14.0. The van der Waals surface area contributed by atoms with Crippen molar-refractivity contribution < 1.29 is 14.6 Å². The Kier molecular flexibility index (Phi) is 5.60. The van der Waals surface area contributed by atoms with Gasteiger partial charge in [0.1, 0.15) is 5.82 Å². The number of thioether (sulfide) groups is 1. The second-order valence-corrected chi connectivity index (χ2v) is 4.94. The van der Waals surface area contributed by atoms with Gasteiger partial charge in [-0.1, -0.05) is 22.0 Å². The summed E-state index contributed by atoms with van der Waals surface area (Å²) in [5.41, 5.74) is 0.590. The zero-order valence-electron chi connectivity index (χ0n) is 7.99. The van der Waals surface area contributed by atoms with Crippen LogP contribution in [0.4, 0.5) is 4.39 Å². The SMILES string of the molecule is OC[C@@H](O)CSCc1c(F)cccc1Br. The third-order valence-electron chi connectivity index (χ3n) is 1.83. The molecule has 0 aromatic heterocycles. The van der Waals surface area contributed by atoms with Gasteiger partial charge in [-0.25, -0.2) is 4.39 Å². The van der Waals surface area contributed by atoms with Crippen molar-refractivity contribution in [3.05, 3.63) is 34.1 Å². The summed E-state index contributed by atoms with van der Waals surface area (Å²) in [6, 6.07) is 4.82. The molecule has 0 saturated carbocycles. The normalized spacial score (nSPS) is 12.8. The molecule has 0 aliphatic rings. The molecule has 1 atom stereocenters. The Balaban J connectivity index is 2.50. The van der Waals surface area contributed by atoms with Crippen LogP contribution in [-0.2, 0) is 5.75 Å². The van der Waals surface area contributed by atoms with E-state index in [1.54, 1.807) is 12.1 Å². The Labute approximate surface area is 101 Å². The summed E-state index contributed by atoms with van der Waals surface area (Å²) >= 11 is 4.65. The Bertz CT molecular complexity index is 302. The average Bonchev–Trinajstić information content (AvgIpc) is 2.22. The van der Waals surface area contributed by atoms with Crippen LogP contribution < -0.4 is 0 Å². The molecule has 2 nitrogen and oxygen atoms in total. The summed E-state index contributed by atoms with van der Waals surface area (Å²) in [5.74, 6) is 0.622. The predicted molar refractivity (Wildman–Crippen MR) is 63.4 cm³/mol. The first kappa shape index (κ1) is 13.0. The van der Waals surface area contributed by atoms with Crippen LogP contribution in [0.5, 0.6) is 0 Å².